The van der Waals surface area contributed by atoms with Crippen LogP contribution in [0, 0.1) is 0 Å². The maximum absolute atomic E-state index is 13.1. The normalized spacial score (nSPS) is 14.2. The lowest BCUT2D eigenvalue weighted by Crippen LogP contribution is -2.24. The molecule has 3 rings (SSSR count). The number of carbonyl (C=O) groups is 2. The van der Waals surface area contributed by atoms with E-state index in [1.807, 2.05) is 31.3 Å². The molecule has 1 saturated heterocycles. The number of likely N-dealkylation sites (tertiary alicyclic amines) is 1. The molecule has 1 aliphatic rings. The molecule has 0 unspecified atom stereocenters. The van der Waals surface area contributed by atoms with Gasteiger partial charge in [0.15, 0.2) is 0 Å². The Labute approximate surface area is 239 Å². The first-order chi connectivity index (χ1) is 18.8. The Kier molecular flexibility index (Phi) is 14.3. The van der Waals surface area contributed by atoms with E-state index in [0.717, 1.165) is 48.9 Å². The van der Waals surface area contributed by atoms with Crippen LogP contribution in [0.3, 0.4) is 0 Å². The summed E-state index contributed by atoms with van der Waals surface area (Å²) in [5.74, 6) is -0.197. The van der Waals surface area contributed by atoms with E-state index in [4.69, 9.17) is 11.6 Å². The molecule has 0 spiro atoms. The Morgan fingerprint density at radius 3 is 2.13 bits per heavy atom. The predicted octanol–water partition coefficient (Wildman–Crippen LogP) is 6.88. The number of aldehydes is 1. The second-order valence-corrected chi connectivity index (χ2v) is 10.3. The van der Waals surface area contributed by atoms with Crippen molar-refractivity contribution < 1.29 is 9.59 Å². The van der Waals surface area contributed by atoms with Crippen molar-refractivity contribution in [2.75, 3.05) is 40.8 Å². The molecule has 210 valence electrons. The fraction of sp³-hybridized carbons (Fsp3) is 0.406. The first-order valence-corrected chi connectivity index (χ1v) is 14.0. The molecule has 0 radical (unpaired) electrons. The average molecular weight is 551 g/mol. The summed E-state index contributed by atoms with van der Waals surface area (Å²) in [5, 5.41) is 0.626. The number of unbranched alkanes of at least 4 members (excludes halogenated alkanes) is 2. The second-order valence-electron chi connectivity index (χ2n) is 9.89. The van der Waals surface area contributed by atoms with Gasteiger partial charge in [0.25, 0.3) is 5.91 Å². The zero-order valence-electron chi connectivity index (χ0n) is 23.9. The molecule has 0 atom stereocenters. The minimum atomic E-state index is -0.197. The van der Waals surface area contributed by atoms with Crippen LogP contribution in [0.1, 0.15) is 66.9 Å². The van der Waals surface area contributed by atoms with Crippen LogP contribution in [0.4, 0.5) is 0 Å². The minimum Gasteiger partial charge on any atom is -0.374 e. The van der Waals surface area contributed by atoms with Crippen LogP contribution in [0.5, 0.6) is 0 Å². The molecule has 1 amide bonds. The Balaban J connectivity index is 0.000000658. The fourth-order valence-corrected chi connectivity index (χ4v) is 4.34. The van der Waals surface area contributed by atoms with Crippen molar-refractivity contribution >= 4 is 41.9 Å². The fourth-order valence-electron chi connectivity index (χ4n) is 4.21. The lowest BCUT2D eigenvalue weighted by atomic mass is 10.1. The highest BCUT2D eigenvalue weighted by Gasteiger charge is 2.13. The molecule has 7 heteroatoms. The topological polar surface area (TPSA) is 56.2 Å². The smallest absolute Gasteiger partial charge is 0.252 e. The standard InChI is InChI=1S/C26H30ClN3O2.C6H13N/c1-5-6-7-16-29(3)25(22-10-8-20(19-31)9-11-22)17-26(32)30(4)18-24(28-2)21-12-14-23(27)15-13-21;1-7-5-3-2-4-6-7/h8-15,17-19H,2,5-7,16H2,1,3-4H3;2-6H2,1H3/b24-18-,25-17-;. The third kappa shape index (κ3) is 11.2. The molecule has 2 aromatic rings. The summed E-state index contributed by atoms with van der Waals surface area (Å²) in [6, 6.07) is 14.4. The van der Waals surface area contributed by atoms with Crippen molar-refractivity contribution in [1.29, 1.82) is 0 Å². The van der Waals surface area contributed by atoms with Crippen LogP contribution < -0.4 is 0 Å². The van der Waals surface area contributed by atoms with Gasteiger partial charge in [-0.3, -0.25) is 14.6 Å². The summed E-state index contributed by atoms with van der Waals surface area (Å²) >= 11 is 5.96. The van der Waals surface area contributed by atoms with E-state index in [9.17, 15) is 9.59 Å². The Hall–Kier alpha value is -3.22. The van der Waals surface area contributed by atoms with Gasteiger partial charge >= 0.3 is 0 Å². The third-order valence-electron chi connectivity index (χ3n) is 6.66. The number of piperidine rings is 1. The number of likely N-dealkylation sites (N-methyl/N-ethyl adjacent to an activating group) is 1. The molecule has 0 bridgehead atoms. The first-order valence-electron chi connectivity index (χ1n) is 13.7. The van der Waals surface area contributed by atoms with Crippen molar-refractivity contribution in [2.45, 2.75) is 45.4 Å². The molecule has 2 aromatic carbocycles. The van der Waals surface area contributed by atoms with E-state index in [-0.39, 0.29) is 5.91 Å². The van der Waals surface area contributed by atoms with Crippen LogP contribution in [0.2, 0.25) is 5.02 Å². The summed E-state index contributed by atoms with van der Waals surface area (Å²) in [6.45, 7) is 9.25. The third-order valence-corrected chi connectivity index (χ3v) is 6.92. The number of halogens is 1. The van der Waals surface area contributed by atoms with Gasteiger partial charge in [-0.15, -0.1) is 0 Å². The number of hydrogen-bond donors (Lipinski definition) is 0. The molecule has 1 fully saturated rings. The highest BCUT2D eigenvalue weighted by atomic mass is 35.5. The lowest BCUT2D eigenvalue weighted by Gasteiger charge is -2.24. The predicted molar refractivity (Wildman–Crippen MR) is 165 cm³/mol. The van der Waals surface area contributed by atoms with Gasteiger partial charge in [-0.25, -0.2) is 0 Å². The van der Waals surface area contributed by atoms with Gasteiger partial charge in [-0.05, 0) is 63.8 Å². The van der Waals surface area contributed by atoms with Gasteiger partial charge in [0.2, 0.25) is 0 Å². The van der Waals surface area contributed by atoms with Crippen molar-refractivity contribution in [1.82, 2.24) is 14.7 Å². The van der Waals surface area contributed by atoms with Crippen molar-refractivity contribution in [3.8, 4) is 0 Å². The van der Waals surface area contributed by atoms with E-state index in [0.29, 0.717) is 16.3 Å². The highest BCUT2D eigenvalue weighted by molar-refractivity contribution is 6.30. The Morgan fingerprint density at radius 1 is 1.00 bits per heavy atom. The van der Waals surface area contributed by atoms with Gasteiger partial charge in [0.05, 0.1) is 5.70 Å². The average Bonchev–Trinajstić information content (AvgIpc) is 2.95. The van der Waals surface area contributed by atoms with Crippen molar-refractivity contribution in [3.05, 3.63) is 82.5 Å². The quantitative estimate of drug-likeness (QED) is 0.132. The van der Waals surface area contributed by atoms with Crippen LogP contribution in [-0.2, 0) is 4.79 Å². The second kappa shape index (κ2) is 17.4. The van der Waals surface area contributed by atoms with Crippen LogP contribution in [0.25, 0.3) is 11.4 Å². The maximum Gasteiger partial charge on any atom is 0.252 e. The summed E-state index contributed by atoms with van der Waals surface area (Å²) < 4.78 is 0. The van der Waals surface area contributed by atoms with Crippen molar-refractivity contribution in [2.24, 2.45) is 4.99 Å². The molecular formula is C32H43ClN4O2. The van der Waals surface area contributed by atoms with E-state index in [1.54, 1.807) is 43.6 Å². The van der Waals surface area contributed by atoms with E-state index in [1.165, 1.54) is 37.3 Å². The van der Waals surface area contributed by atoms with E-state index < -0.39 is 0 Å². The molecular weight excluding hydrogens is 508 g/mol. The van der Waals surface area contributed by atoms with E-state index >= 15 is 0 Å². The van der Waals surface area contributed by atoms with Crippen LogP contribution in [-0.4, -0.2) is 74.4 Å². The van der Waals surface area contributed by atoms with Gasteiger partial charge in [-0.2, -0.15) is 0 Å². The molecule has 6 nitrogen and oxygen atoms in total. The highest BCUT2D eigenvalue weighted by Crippen LogP contribution is 2.22. The monoisotopic (exact) mass is 550 g/mol. The van der Waals surface area contributed by atoms with E-state index in [2.05, 4.69) is 35.5 Å². The summed E-state index contributed by atoms with van der Waals surface area (Å²) in [7, 11) is 5.85. The Bertz CT molecular complexity index is 1100. The number of nitrogens with zero attached hydrogens (tertiary/aromatic N) is 4. The Morgan fingerprint density at radius 2 is 1.62 bits per heavy atom. The molecule has 1 aliphatic heterocycles. The molecule has 0 aliphatic carbocycles. The molecule has 0 saturated carbocycles. The zero-order chi connectivity index (χ0) is 28.6. The molecule has 0 N–H and O–H groups in total. The number of benzene rings is 2. The van der Waals surface area contributed by atoms with Gasteiger partial charge < -0.3 is 14.7 Å². The number of hydrogen-bond acceptors (Lipinski definition) is 5. The summed E-state index contributed by atoms with van der Waals surface area (Å²) in [6.07, 6.45) is 11.6. The largest absolute Gasteiger partial charge is 0.374 e. The minimum absolute atomic E-state index is 0.197. The zero-order valence-corrected chi connectivity index (χ0v) is 24.7. The molecule has 39 heavy (non-hydrogen) atoms. The first kappa shape index (κ1) is 32.0. The number of amides is 1. The number of aliphatic imine (C=N–C) groups is 1. The van der Waals surface area contributed by atoms with Gasteiger partial charge in [0.1, 0.15) is 6.29 Å². The molecule has 0 aromatic heterocycles. The number of carbonyl (C=O) groups excluding carboxylic acids is 2. The summed E-state index contributed by atoms with van der Waals surface area (Å²) in [5.41, 5.74) is 3.65. The SMILES string of the molecule is C=N/C(=C\N(C)C(=O)/C=C(/c1ccc(C=O)cc1)N(C)CCCCC)c1ccc(Cl)cc1.CN1CCCCC1. The van der Waals surface area contributed by atoms with Gasteiger partial charge in [0, 0.05) is 54.8 Å². The van der Waals surface area contributed by atoms with Crippen LogP contribution >= 0.6 is 11.6 Å². The van der Waals surface area contributed by atoms with Crippen LogP contribution in [0.15, 0.2) is 65.8 Å². The summed E-state index contributed by atoms with van der Waals surface area (Å²) in [4.78, 5) is 34.1. The van der Waals surface area contributed by atoms with Crippen molar-refractivity contribution in [3.63, 3.8) is 0 Å². The number of rotatable bonds is 11. The molecule has 1 heterocycles. The van der Waals surface area contributed by atoms with Gasteiger partial charge in [-0.1, -0.05) is 74.2 Å². The lowest BCUT2D eigenvalue weighted by molar-refractivity contribution is -0.122. The maximum atomic E-state index is 13.1.